The number of rotatable bonds is 0. The van der Waals surface area contributed by atoms with E-state index in [1.807, 2.05) is 0 Å². The van der Waals surface area contributed by atoms with E-state index in [0.717, 1.165) is 12.1 Å². The van der Waals surface area contributed by atoms with Crippen molar-refractivity contribution in [2.45, 2.75) is 6.18 Å². The molecule has 1 nitrogen and oxygen atoms in total. The van der Waals surface area contributed by atoms with Crippen molar-refractivity contribution >= 4 is 28.9 Å². The van der Waals surface area contributed by atoms with Crippen LogP contribution in [-0.4, -0.2) is 0 Å². The van der Waals surface area contributed by atoms with Gasteiger partial charge >= 0.3 is 6.18 Å². The lowest BCUT2D eigenvalue weighted by atomic mass is 10.2. The van der Waals surface area contributed by atoms with Crippen LogP contribution in [0.15, 0.2) is 12.1 Å². The van der Waals surface area contributed by atoms with Crippen LogP contribution in [0.4, 0.5) is 18.9 Å². The van der Waals surface area contributed by atoms with Crippen molar-refractivity contribution in [1.82, 2.24) is 0 Å². The van der Waals surface area contributed by atoms with Crippen molar-refractivity contribution in [2.75, 3.05) is 5.73 Å². The Labute approximate surface area is 82.2 Å². The third-order valence-electron chi connectivity index (χ3n) is 1.35. The summed E-state index contributed by atoms with van der Waals surface area (Å²) in [5, 5.41) is -0.977. The number of nitrogen functional groups attached to an aromatic ring is 1. The summed E-state index contributed by atoms with van der Waals surface area (Å²) >= 11 is 10.7. The van der Waals surface area contributed by atoms with Gasteiger partial charge in [-0.3, -0.25) is 0 Å². The number of nitrogens with two attached hydrogens (primary N) is 1. The van der Waals surface area contributed by atoms with E-state index in [1.54, 1.807) is 0 Å². The highest BCUT2D eigenvalue weighted by Crippen LogP contribution is 2.40. The standard InChI is InChI=1S/C7H4Cl2F3N/c8-4-1-3(13)2-5(9)6(4)7(10,11)12/h1-2H,13H2. The fourth-order valence-electron chi connectivity index (χ4n) is 0.864. The first-order valence-corrected chi connectivity index (χ1v) is 3.89. The quantitative estimate of drug-likeness (QED) is 0.677. The number of benzene rings is 1. The normalized spacial score (nSPS) is 11.8. The minimum atomic E-state index is -4.55. The van der Waals surface area contributed by atoms with Crippen LogP contribution in [0.3, 0.4) is 0 Å². The molecule has 6 heteroatoms. The fraction of sp³-hybridized carbons (Fsp3) is 0.143. The first-order chi connectivity index (χ1) is 5.82. The van der Waals surface area contributed by atoms with E-state index in [-0.39, 0.29) is 5.69 Å². The Kier molecular flexibility index (Phi) is 2.63. The molecule has 1 aromatic rings. The van der Waals surface area contributed by atoms with E-state index in [1.165, 1.54) is 0 Å². The lowest BCUT2D eigenvalue weighted by Gasteiger charge is -2.11. The second-order valence-electron chi connectivity index (χ2n) is 2.36. The van der Waals surface area contributed by atoms with Crippen LogP contribution in [0.1, 0.15) is 5.56 Å². The third-order valence-corrected chi connectivity index (χ3v) is 1.94. The molecule has 0 heterocycles. The van der Waals surface area contributed by atoms with Crippen LogP contribution >= 0.6 is 23.2 Å². The lowest BCUT2D eigenvalue weighted by Crippen LogP contribution is -2.07. The van der Waals surface area contributed by atoms with Gasteiger partial charge in [0, 0.05) is 5.69 Å². The summed E-state index contributed by atoms with van der Waals surface area (Å²) in [6, 6.07) is 2.02. The molecule has 0 aromatic heterocycles. The predicted molar refractivity (Wildman–Crippen MR) is 45.9 cm³/mol. The van der Waals surface area contributed by atoms with E-state index < -0.39 is 21.8 Å². The monoisotopic (exact) mass is 229 g/mol. The molecule has 72 valence electrons. The molecule has 0 aliphatic heterocycles. The second-order valence-corrected chi connectivity index (χ2v) is 3.17. The molecule has 0 saturated heterocycles. The van der Waals surface area contributed by atoms with Gasteiger partial charge in [-0.15, -0.1) is 0 Å². The molecule has 0 aliphatic rings. The van der Waals surface area contributed by atoms with Crippen molar-refractivity contribution in [3.05, 3.63) is 27.7 Å². The second kappa shape index (κ2) is 3.27. The van der Waals surface area contributed by atoms with Gasteiger partial charge in [-0.1, -0.05) is 23.2 Å². The average molecular weight is 230 g/mol. The van der Waals surface area contributed by atoms with Gasteiger partial charge in [0.2, 0.25) is 0 Å². The van der Waals surface area contributed by atoms with Crippen molar-refractivity contribution in [2.24, 2.45) is 0 Å². The van der Waals surface area contributed by atoms with Crippen LogP contribution in [0.25, 0.3) is 0 Å². The molecule has 0 amide bonds. The maximum absolute atomic E-state index is 12.2. The van der Waals surface area contributed by atoms with Crippen LogP contribution in [0.5, 0.6) is 0 Å². The third kappa shape index (κ3) is 2.19. The minimum absolute atomic E-state index is 0.100. The van der Waals surface area contributed by atoms with Crippen LogP contribution in [0, 0.1) is 0 Å². The molecule has 0 saturated carbocycles. The molecule has 0 fully saturated rings. The zero-order valence-electron chi connectivity index (χ0n) is 6.12. The Morgan fingerprint density at radius 1 is 1.08 bits per heavy atom. The highest BCUT2D eigenvalue weighted by atomic mass is 35.5. The van der Waals surface area contributed by atoms with Crippen molar-refractivity contribution < 1.29 is 13.2 Å². The smallest absolute Gasteiger partial charge is 0.399 e. The highest BCUT2D eigenvalue weighted by molar-refractivity contribution is 6.36. The summed E-state index contributed by atoms with van der Waals surface area (Å²) in [5.74, 6) is 0. The zero-order chi connectivity index (χ0) is 10.2. The minimum Gasteiger partial charge on any atom is -0.399 e. The molecule has 0 spiro atoms. The molecule has 1 aromatic carbocycles. The Bertz CT molecular complexity index is 312. The molecule has 1 rings (SSSR count). The van der Waals surface area contributed by atoms with E-state index in [2.05, 4.69) is 0 Å². The molecular weight excluding hydrogens is 226 g/mol. The molecule has 0 bridgehead atoms. The Morgan fingerprint density at radius 3 is 1.77 bits per heavy atom. The van der Waals surface area contributed by atoms with Crippen LogP contribution in [0.2, 0.25) is 10.0 Å². The molecule has 0 unspecified atom stereocenters. The van der Waals surface area contributed by atoms with Gasteiger partial charge in [0.15, 0.2) is 0 Å². The summed E-state index contributed by atoms with van der Waals surface area (Å²) in [7, 11) is 0. The number of anilines is 1. The summed E-state index contributed by atoms with van der Waals surface area (Å²) in [4.78, 5) is 0. The van der Waals surface area contributed by atoms with Gasteiger partial charge in [0.05, 0.1) is 15.6 Å². The number of hydrogen-bond acceptors (Lipinski definition) is 1. The summed E-state index contributed by atoms with van der Waals surface area (Å²) in [5.41, 5.74) is 4.28. The van der Waals surface area contributed by atoms with E-state index in [4.69, 9.17) is 28.9 Å². The summed E-state index contributed by atoms with van der Waals surface area (Å²) < 4.78 is 36.7. The molecular formula is C7H4Cl2F3N. The number of hydrogen-bond donors (Lipinski definition) is 1. The zero-order valence-corrected chi connectivity index (χ0v) is 7.63. The molecule has 13 heavy (non-hydrogen) atoms. The maximum atomic E-state index is 12.2. The summed E-state index contributed by atoms with van der Waals surface area (Å²) in [6.45, 7) is 0. The maximum Gasteiger partial charge on any atom is 0.419 e. The van der Waals surface area contributed by atoms with Crippen molar-refractivity contribution in [3.8, 4) is 0 Å². The largest absolute Gasteiger partial charge is 0.419 e. The molecule has 0 radical (unpaired) electrons. The fourth-order valence-corrected chi connectivity index (χ4v) is 1.58. The Hall–Kier alpha value is -0.610. The lowest BCUT2D eigenvalue weighted by molar-refractivity contribution is -0.137. The van der Waals surface area contributed by atoms with Gasteiger partial charge in [0.1, 0.15) is 0 Å². The van der Waals surface area contributed by atoms with Crippen molar-refractivity contribution in [3.63, 3.8) is 0 Å². The average Bonchev–Trinajstić information content (AvgIpc) is 1.78. The summed E-state index contributed by atoms with van der Waals surface area (Å²) in [6.07, 6.45) is -4.55. The predicted octanol–water partition coefficient (Wildman–Crippen LogP) is 3.59. The SMILES string of the molecule is Nc1cc(Cl)c(C(F)(F)F)c(Cl)c1. The number of alkyl halides is 3. The number of halogens is 5. The molecule has 0 atom stereocenters. The first kappa shape index (κ1) is 10.5. The topological polar surface area (TPSA) is 26.0 Å². The van der Waals surface area contributed by atoms with Crippen LogP contribution < -0.4 is 5.73 Å². The van der Waals surface area contributed by atoms with Crippen molar-refractivity contribution in [1.29, 1.82) is 0 Å². The van der Waals surface area contributed by atoms with Gasteiger partial charge in [-0.05, 0) is 12.1 Å². The molecule has 2 N–H and O–H groups in total. The molecule has 0 aliphatic carbocycles. The Balaban J connectivity index is 3.38. The van der Waals surface area contributed by atoms with E-state index in [0.29, 0.717) is 0 Å². The highest BCUT2D eigenvalue weighted by Gasteiger charge is 2.35. The van der Waals surface area contributed by atoms with Gasteiger partial charge in [-0.2, -0.15) is 13.2 Å². The van der Waals surface area contributed by atoms with E-state index >= 15 is 0 Å². The van der Waals surface area contributed by atoms with Gasteiger partial charge in [-0.25, -0.2) is 0 Å². The van der Waals surface area contributed by atoms with Gasteiger partial charge in [0.25, 0.3) is 0 Å². The van der Waals surface area contributed by atoms with Gasteiger partial charge < -0.3 is 5.73 Å². The Morgan fingerprint density at radius 2 is 1.46 bits per heavy atom. The van der Waals surface area contributed by atoms with E-state index in [9.17, 15) is 13.2 Å². The first-order valence-electron chi connectivity index (χ1n) is 3.14. The van der Waals surface area contributed by atoms with Crippen LogP contribution in [-0.2, 0) is 6.18 Å².